The van der Waals surface area contributed by atoms with E-state index in [1.54, 1.807) is 0 Å². The van der Waals surface area contributed by atoms with Gasteiger partial charge in [-0.2, -0.15) is 0 Å². The molecule has 2 rings (SSSR count). The van der Waals surface area contributed by atoms with E-state index in [4.69, 9.17) is 0 Å². The third kappa shape index (κ3) is 2.06. The topological polar surface area (TPSA) is 0 Å². The maximum absolute atomic E-state index is 2.38. The Morgan fingerprint density at radius 2 is 2.36 bits per heavy atom. The highest BCUT2D eigenvalue weighted by Gasteiger charge is 2.13. The molecule has 2 aliphatic rings. The number of hydrogen-bond donors (Lipinski definition) is 0. The zero-order chi connectivity index (χ0) is 9.80. The van der Waals surface area contributed by atoms with Gasteiger partial charge in [0, 0.05) is 5.92 Å². The smallest absolute Gasteiger partial charge is 0.00240 e. The van der Waals surface area contributed by atoms with Gasteiger partial charge in [-0.25, -0.2) is 0 Å². The zero-order valence-corrected chi connectivity index (χ0v) is 8.87. The number of hydrogen-bond acceptors (Lipinski definition) is 0. The first-order valence-corrected chi connectivity index (χ1v) is 5.65. The number of allylic oxidation sites excluding steroid dienone is 8. The Balaban J connectivity index is 2.23. The summed E-state index contributed by atoms with van der Waals surface area (Å²) >= 11 is 0. The highest BCUT2D eigenvalue weighted by Crippen LogP contribution is 2.29. The third-order valence-corrected chi connectivity index (χ3v) is 2.93. The fourth-order valence-electron chi connectivity index (χ4n) is 2.17. The molecule has 0 radical (unpaired) electrons. The van der Waals surface area contributed by atoms with E-state index in [1.807, 2.05) is 0 Å². The minimum absolute atomic E-state index is 0.672. The van der Waals surface area contributed by atoms with E-state index in [9.17, 15) is 0 Å². The highest BCUT2D eigenvalue weighted by atomic mass is 14.2. The Labute approximate surface area is 86.7 Å². The second-order valence-corrected chi connectivity index (χ2v) is 4.11. The summed E-state index contributed by atoms with van der Waals surface area (Å²) in [6, 6.07) is 0. The molecule has 0 nitrogen and oxygen atoms in total. The van der Waals surface area contributed by atoms with Crippen LogP contribution in [0.15, 0.2) is 47.6 Å². The Morgan fingerprint density at radius 1 is 1.43 bits per heavy atom. The maximum Gasteiger partial charge on any atom is 0.00240 e. The van der Waals surface area contributed by atoms with E-state index in [2.05, 4.69) is 43.4 Å². The van der Waals surface area contributed by atoms with Crippen molar-refractivity contribution in [2.75, 3.05) is 0 Å². The van der Waals surface area contributed by atoms with Crippen LogP contribution in [-0.4, -0.2) is 0 Å². The van der Waals surface area contributed by atoms with Crippen molar-refractivity contribution in [3.63, 3.8) is 0 Å². The lowest BCUT2D eigenvalue weighted by Crippen LogP contribution is -2.02. The summed E-state index contributed by atoms with van der Waals surface area (Å²) in [5.41, 5.74) is 2.98. The standard InChI is InChI=1S/C14H18/c1-2-6-12-7-5-10-13-8-3-4-9-14(13)11-12/h4-5,7,9-11,13H,2-3,6,8H2,1H3. The molecule has 0 heterocycles. The third-order valence-electron chi connectivity index (χ3n) is 2.93. The average Bonchev–Trinajstić information content (AvgIpc) is 2.40. The van der Waals surface area contributed by atoms with Crippen LogP contribution in [-0.2, 0) is 0 Å². The van der Waals surface area contributed by atoms with E-state index in [0.717, 1.165) is 0 Å². The molecule has 0 bridgehead atoms. The predicted octanol–water partition coefficient (Wildman–Crippen LogP) is 4.18. The van der Waals surface area contributed by atoms with Crippen molar-refractivity contribution >= 4 is 0 Å². The highest BCUT2D eigenvalue weighted by molar-refractivity contribution is 5.40. The molecule has 0 aliphatic heterocycles. The fraction of sp³-hybridized carbons (Fsp3) is 0.429. The van der Waals surface area contributed by atoms with Gasteiger partial charge in [0.05, 0.1) is 0 Å². The van der Waals surface area contributed by atoms with Crippen LogP contribution in [0, 0.1) is 5.92 Å². The Hall–Kier alpha value is -1.04. The minimum atomic E-state index is 0.672. The zero-order valence-electron chi connectivity index (χ0n) is 8.87. The predicted molar refractivity (Wildman–Crippen MR) is 62.1 cm³/mol. The van der Waals surface area contributed by atoms with Crippen molar-refractivity contribution in [3.05, 3.63) is 47.6 Å². The van der Waals surface area contributed by atoms with E-state index in [1.165, 1.54) is 36.8 Å². The van der Waals surface area contributed by atoms with Crippen molar-refractivity contribution in [3.8, 4) is 0 Å². The molecule has 0 fully saturated rings. The van der Waals surface area contributed by atoms with Crippen molar-refractivity contribution in [2.45, 2.75) is 32.6 Å². The first kappa shape index (κ1) is 9.51. The molecule has 1 atom stereocenters. The van der Waals surface area contributed by atoms with Gasteiger partial charge in [0.1, 0.15) is 0 Å². The molecule has 0 aromatic rings. The van der Waals surface area contributed by atoms with Crippen LogP contribution in [0.1, 0.15) is 32.6 Å². The summed E-state index contributed by atoms with van der Waals surface area (Å²) in [5, 5.41) is 0. The van der Waals surface area contributed by atoms with E-state index >= 15 is 0 Å². The van der Waals surface area contributed by atoms with Crippen molar-refractivity contribution in [1.82, 2.24) is 0 Å². The number of rotatable bonds is 2. The Kier molecular flexibility index (Phi) is 3.03. The molecule has 0 amide bonds. The SMILES string of the molecule is CCCC1=CC=CC2CCC=CC2=C1. The summed E-state index contributed by atoms with van der Waals surface area (Å²) in [7, 11) is 0. The van der Waals surface area contributed by atoms with Gasteiger partial charge in [0.2, 0.25) is 0 Å². The minimum Gasteiger partial charge on any atom is -0.0842 e. The van der Waals surface area contributed by atoms with Gasteiger partial charge in [-0.3, -0.25) is 0 Å². The summed E-state index contributed by atoms with van der Waals surface area (Å²) in [5.74, 6) is 0.672. The molecule has 0 saturated carbocycles. The van der Waals surface area contributed by atoms with Crippen LogP contribution in [0.4, 0.5) is 0 Å². The van der Waals surface area contributed by atoms with Crippen molar-refractivity contribution in [1.29, 1.82) is 0 Å². The van der Waals surface area contributed by atoms with Gasteiger partial charge in [-0.15, -0.1) is 0 Å². The van der Waals surface area contributed by atoms with Gasteiger partial charge < -0.3 is 0 Å². The molecule has 0 heteroatoms. The molecule has 0 aromatic heterocycles. The van der Waals surface area contributed by atoms with Crippen molar-refractivity contribution < 1.29 is 0 Å². The van der Waals surface area contributed by atoms with Crippen LogP contribution >= 0.6 is 0 Å². The quantitative estimate of drug-likeness (QED) is 0.607. The second kappa shape index (κ2) is 4.45. The van der Waals surface area contributed by atoms with Crippen LogP contribution in [0.25, 0.3) is 0 Å². The lowest BCUT2D eigenvalue weighted by atomic mass is 9.88. The molecule has 0 aromatic carbocycles. The Morgan fingerprint density at radius 3 is 3.21 bits per heavy atom. The molecule has 1 unspecified atom stereocenters. The van der Waals surface area contributed by atoms with Gasteiger partial charge in [-0.05, 0) is 30.4 Å². The molecule has 0 N–H and O–H groups in total. The largest absolute Gasteiger partial charge is 0.0842 e. The van der Waals surface area contributed by atoms with E-state index in [-0.39, 0.29) is 0 Å². The average molecular weight is 186 g/mol. The van der Waals surface area contributed by atoms with Crippen molar-refractivity contribution in [2.24, 2.45) is 5.92 Å². The molecule has 0 saturated heterocycles. The molecule has 0 spiro atoms. The first-order valence-electron chi connectivity index (χ1n) is 5.65. The normalized spacial score (nSPS) is 25.1. The first-order chi connectivity index (χ1) is 6.90. The van der Waals surface area contributed by atoms with Crippen LogP contribution in [0.3, 0.4) is 0 Å². The summed E-state index contributed by atoms with van der Waals surface area (Å²) in [6.45, 7) is 2.24. The number of fused-ring (bicyclic) bond motifs is 1. The Bertz CT molecular complexity index is 313. The molecule has 74 valence electrons. The summed E-state index contributed by atoms with van der Waals surface area (Å²) < 4.78 is 0. The maximum atomic E-state index is 2.38. The lowest BCUT2D eigenvalue weighted by molar-refractivity contribution is 0.678. The molecule has 2 aliphatic carbocycles. The van der Waals surface area contributed by atoms with Gasteiger partial charge >= 0.3 is 0 Å². The van der Waals surface area contributed by atoms with E-state index in [0.29, 0.717) is 5.92 Å². The summed E-state index contributed by atoms with van der Waals surface area (Å²) in [4.78, 5) is 0. The molecule has 14 heavy (non-hydrogen) atoms. The van der Waals surface area contributed by atoms with Crippen LogP contribution in [0.2, 0.25) is 0 Å². The molecular formula is C14H18. The van der Waals surface area contributed by atoms with Crippen LogP contribution in [0.5, 0.6) is 0 Å². The monoisotopic (exact) mass is 186 g/mol. The molecular weight excluding hydrogens is 168 g/mol. The summed E-state index contributed by atoms with van der Waals surface area (Å²) in [6.07, 6.45) is 18.8. The second-order valence-electron chi connectivity index (χ2n) is 4.11. The van der Waals surface area contributed by atoms with Crippen LogP contribution < -0.4 is 0 Å². The van der Waals surface area contributed by atoms with E-state index < -0.39 is 0 Å². The van der Waals surface area contributed by atoms with Gasteiger partial charge in [0.25, 0.3) is 0 Å². The van der Waals surface area contributed by atoms with Gasteiger partial charge in [0.15, 0.2) is 0 Å². The van der Waals surface area contributed by atoms with Gasteiger partial charge in [-0.1, -0.05) is 49.8 Å². The fourth-order valence-corrected chi connectivity index (χ4v) is 2.17. The lowest BCUT2D eigenvalue weighted by Gasteiger charge is -2.16.